The molecule has 1 amide bonds. The zero-order chi connectivity index (χ0) is 15.8. The number of hydrogen-bond donors (Lipinski definition) is 0. The van der Waals surface area contributed by atoms with Crippen LogP contribution in [0.4, 0.5) is 22.0 Å². The Morgan fingerprint density at radius 3 is 2.33 bits per heavy atom. The van der Waals surface area contributed by atoms with Crippen LogP contribution in [0, 0.1) is 17.6 Å². The van der Waals surface area contributed by atoms with E-state index in [1.54, 1.807) is 0 Å². The van der Waals surface area contributed by atoms with Gasteiger partial charge >= 0.3 is 6.18 Å². The molecule has 8 heteroatoms. The topological polar surface area (TPSA) is 20.3 Å². The van der Waals surface area contributed by atoms with Crippen molar-refractivity contribution in [1.29, 1.82) is 0 Å². The first-order chi connectivity index (χ1) is 9.70. The standard InChI is InChI=1S/C13H11BrF5NO/c14-11-9(15)4-7(5-10(11)16)12(21)20-3-1-2-8(6-20)13(17,18)19/h4-5,8H,1-3,6H2. The highest BCUT2D eigenvalue weighted by atomic mass is 79.9. The van der Waals surface area contributed by atoms with Crippen molar-refractivity contribution in [2.45, 2.75) is 19.0 Å². The van der Waals surface area contributed by atoms with Crippen LogP contribution in [0.2, 0.25) is 0 Å². The molecule has 1 aliphatic rings. The van der Waals surface area contributed by atoms with Crippen LogP contribution in [0.25, 0.3) is 0 Å². The molecule has 1 aliphatic heterocycles. The zero-order valence-electron chi connectivity index (χ0n) is 10.7. The summed E-state index contributed by atoms with van der Waals surface area (Å²) < 4.78 is 64.5. The van der Waals surface area contributed by atoms with Crippen molar-refractivity contribution >= 4 is 21.8 Å². The predicted molar refractivity (Wildman–Crippen MR) is 68.7 cm³/mol. The number of amides is 1. The molecule has 2 nitrogen and oxygen atoms in total. The fourth-order valence-corrected chi connectivity index (χ4v) is 2.52. The Bertz CT molecular complexity index is 537. The van der Waals surface area contributed by atoms with E-state index in [1.807, 2.05) is 0 Å². The molecule has 1 heterocycles. The van der Waals surface area contributed by atoms with Gasteiger partial charge in [-0.25, -0.2) is 8.78 Å². The van der Waals surface area contributed by atoms with Gasteiger partial charge in [-0.3, -0.25) is 4.79 Å². The second kappa shape index (κ2) is 5.90. The summed E-state index contributed by atoms with van der Waals surface area (Å²) in [6.07, 6.45) is -4.22. The summed E-state index contributed by atoms with van der Waals surface area (Å²) in [6.45, 7) is -0.341. The molecule has 0 saturated carbocycles. The van der Waals surface area contributed by atoms with E-state index in [4.69, 9.17) is 0 Å². The zero-order valence-corrected chi connectivity index (χ0v) is 12.3. The van der Waals surface area contributed by atoms with E-state index in [2.05, 4.69) is 15.9 Å². The van der Waals surface area contributed by atoms with Gasteiger partial charge in [-0.2, -0.15) is 13.2 Å². The van der Waals surface area contributed by atoms with Crippen LogP contribution in [-0.4, -0.2) is 30.1 Å². The monoisotopic (exact) mass is 371 g/mol. The summed E-state index contributed by atoms with van der Waals surface area (Å²) in [7, 11) is 0. The van der Waals surface area contributed by atoms with Gasteiger partial charge in [-0.1, -0.05) is 0 Å². The van der Waals surface area contributed by atoms with Crippen molar-refractivity contribution in [1.82, 2.24) is 4.90 Å². The van der Waals surface area contributed by atoms with Crippen LogP contribution in [0.15, 0.2) is 16.6 Å². The molecule has 0 radical (unpaired) electrons. The highest BCUT2D eigenvalue weighted by Gasteiger charge is 2.42. The lowest BCUT2D eigenvalue weighted by atomic mass is 9.97. The van der Waals surface area contributed by atoms with Crippen molar-refractivity contribution in [3.63, 3.8) is 0 Å². The van der Waals surface area contributed by atoms with Gasteiger partial charge in [-0.15, -0.1) is 0 Å². The molecule has 21 heavy (non-hydrogen) atoms. The van der Waals surface area contributed by atoms with E-state index in [9.17, 15) is 26.7 Å². The molecule has 0 N–H and O–H groups in total. The van der Waals surface area contributed by atoms with Gasteiger partial charge in [0.1, 0.15) is 11.6 Å². The number of nitrogens with zero attached hydrogens (tertiary/aromatic N) is 1. The maximum absolute atomic E-state index is 13.4. The lowest BCUT2D eigenvalue weighted by molar-refractivity contribution is -0.184. The minimum atomic E-state index is -4.38. The molecular weight excluding hydrogens is 361 g/mol. The number of alkyl halides is 3. The van der Waals surface area contributed by atoms with Crippen LogP contribution in [-0.2, 0) is 0 Å². The number of piperidine rings is 1. The van der Waals surface area contributed by atoms with Crippen LogP contribution in [0.5, 0.6) is 0 Å². The molecule has 1 unspecified atom stereocenters. The lowest BCUT2D eigenvalue weighted by Crippen LogP contribution is -2.44. The molecule has 0 aromatic heterocycles. The second-order valence-electron chi connectivity index (χ2n) is 4.89. The van der Waals surface area contributed by atoms with Crippen LogP contribution >= 0.6 is 15.9 Å². The van der Waals surface area contributed by atoms with Gasteiger partial charge in [-0.05, 0) is 40.9 Å². The Morgan fingerprint density at radius 1 is 1.24 bits per heavy atom. The van der Waals surface area contributed by atoms with Crippen LogP contribution in [0.1, 0.15) is 23.2 Å². The second-order valence-corrected chi connectivity index (χ2v) is 5.68. The van der Waals surface area contributed by atoms with Gasteiger partial charge < -0.3 is 4.90 Å². The van der Waals surface area contributed by atoms with Crippen molar-refractivity contribution in [3.8, 4) is 0 Å². The number of halogens is 6. The van der Waals surface area contributed by atoms with Crippen molar-refractivity contribution in [3.05, 3.63) is 33.8 Å². The first-order valence-electron chi connectivity index (χ1n) is 6.20. The third kappa shape index (κ3) is 3.53. The Hall–Kier alpha value is -1.18. The van der Waals surface area contributed by atoms with E-state index < -0.39 is 40.7 Å². The van der Waals surface area contributed by atoms with Gasteiger partial charge in [0.2, 0.25) is 0 Å². The number of likely N-dealkylation sites (tertiary alicyclic amines) is 1. The Labute approximate surface area is 126 Å². The molecule has 1 saturated heterocycles. The number of benzene rings is 1. The van der Waals surface area contributed by atoms with Gasteiger partial charge in [0.25, 0.3) is 5.91 Å². The van der Waals surface area contributed by atoms with Gasteiger partial charge in [0, 0.05) is 18.7 Å². The fraction of sp³-hybridized carbons (Fsp3) is 0.462. The summed E-state index contributed by atoms with van der Waals surface area (Å²) >= 11 is 2.67. The largest absolute Gasteiger partial charge is 0.393 e. The summed E-state index contributed by atoms with van der Waals surface area (Å²) in [5, 5.41) is 0. The maximum atomic E-state index is 13.4. The average molecular weight is 372 g/mol. The predicted octanol–water partition coefficient (Wildman–Crippen LogP) is 4.14. The minimum Gasteiger partial charge on any atom is -0.338 e. The molecule has 0 aliphatic carbocycles. The van der Waals surface area contributed by atoms with E-state index in [0.29, 0.717) is 0 Å². The molecule has 1 aromatic carbocycles. The summed E-state index contributed by atoms with van der Waals surface area (Å²) in [5.41, 5.74) is -0.295. The van der Waals surface area contributed by atoms with E-state index in [1.165, 1.54) is 0 Å². The smallest absolute Gasteiger partial charge is 0.338 e. The molecular formula is C13H11BrF5NO. The fourth-order valence-electron chi connectivity index (χ4n) is 2.29. The Morgan fingerprint density at radius 2 is 1.81 bits per heavy atom. The van der Waals surface area contributed by atoms with Gasteiger partial charge in [0.15, 0.2) is 0 Å². The van der Waals surface area contributed by atoms with Crippen molar-refractivity contribution in [2.75, 3.05) is 13.1 Å². The molecule has 116 valence electrons. The Kier molecular flexibility index (Phi) is 4.55. The number of hydrogen-bond acceptors (Lipinski definition) is 1. The van der Waals surface area contributed by atoms with Crippen molar-refractivity contribution < 1.29 is 26.7 Å². The highest BCUT2D eigenvalue weighted by Crippen LogP contribution is 2.33. The first-order valence-corrected chi connectivity index (χ1v) is 7.00. The van der Waals surface area contributed by atoms with Gasteiger partial charge in [0.05, 0.1) is 10.4 Å². The minimum absolute atomic E-state index is 0.0453. The summed E-state index contributed by atoms with van der Waals surface area (Å²) in [4.78, 5) is 13.1. The molecule has 2 rings (SSSR count). The molecule has 0 bridgehead atoms. The average Bonchev–Trinajstić information content (AvgIpc) is 2.42. The number of carbonyl (C=O) groups excluding carboxylic acids is 1. The lowest BCUT2D eigenvalue weighted by Gasteiger charge is -2.33. The third-order valence-corrected chi connectivity index (χ3v) is 4.16. The number of rotatable bonds is 1. The summed E-state index contributed by atoms with van der Waals surface area (Å²) in [6, 6.07) is 1.62. The highest BCUT2D eigenvalue weighted by molar-refractivity contribution is 9.10. The third-order valence-electron chi connectivity index (χ3n) is 3.40. The van der Waals surface area contributed by atoms with Crippen LogP contribution < -0.4 is 0 Å². The van der Waals surface area contributed by atoms with Crippen molar-refractivity contribution in [2.24, 2.45) is 5.92 Å². The van der Waals surface area contributed by atoms with E-state index in [-0.39, 0.29) is 24.9 Å². The quantitative estimate of drug-likeness (QED) is 0.536. The van der Waals surface area contributed by atoms with E-state index >= 15 is 0 Å². The first kappa shape index (κ1) is 16.2. The Balaban J connectivity index is 2.20. The molecule has 1 fully saturated rings. The number of carbonyl (C=O) groups is 1. The SMILES string of the molecule is O=C(c1cc(F)c(Br)c(F)c1)N1CCCC(C(F)(F)F)C1. The molecule has 1 aromatic rings. The normalized spacial score (nSPS) is 19.7. The van der Waals surface area contributed by atoms with Crippen LogP contribution in [0.3, 0.4) is 0 Å². The summed E-state index contributed by atoms with van der Waals surface area (Å²) in [5.74, 6) is -4.33. The molecule has 1 atom stereocenters. The maximum Gasteiger partial charge on any atom is 0.393 e. The molecule has 0 spiro atoms. The van der Waals surface area contributed by atoms with E-state index in [0.717, 1.165) is 17.0 Å².